The van der Waals surface area contributed by atoms with Crippen molar-refractivity contribution in [3.05, 3.63) is 66.2 Å². The summed E-state index contributed by atoms with van der Waals surface area (Å²) in [5.74, 6) is -0.288. The zero-order valence-electron chi connectivity index (χ0n) is 20.4. The third-order valence-corrected chi connectivity index (χ3v) is 6.81. The minimum absolute atomic E-state index is 0.143. The Labute approximate surface area is 204 Å². The van der Waals surface area contributed by atoms with Crippen LogP contribution in [-0.4, -0.2) is 57.1 Å². The molecule has 0 aliphatic heterocycles. The van der Waals surface area contributed by atoms with Crippen molar-refractivity contribution in [2.75, 3.05) is 30.2 Å². The first-order valence-corrected chi connectivity index (χ1v) is 13.8. The molecule has 186 valence electrons. The van der Waals surface area contributed by atoms with Crippen LogP contribution in [0.4, 0.5) is 5.69 Å². The Hall–Kier alpha value is -2.87. The van der Waals surface area contributed by atoms with E-state index in [9.17, 15) is 18.0 Å². The molecule has 0 heterocycles. The molecule has 0 radical (unpaired) electrons. The van der Waals surface area contributed by atoms with Crippen LogP contribution < -0.4 is 9.62 Å². The minimum Gasteiger partial charge on any atom is -0.354 e. The lowest BCUT2D eigenvalue weighted by atomic mass is 10.1. The zero-order chi connectivity index (χ0) is 25.0. The van der Waals surface area contributed by atoms with Gasteiger partial charge in [0.05, 0.1) is 11.9 Å². The van der Waals surface area contributed by atoms with Gasteiger partial charge in [-0.25, -0.2) is 8.42 Å². The topological polar surface area (TPSA) is 86.8 Å². The second kappa shape index (κ2) is 13.7. The van der Waals surface area contributed by atoms with Crippen molar-refractivity contribution in [2.45, 2.75) is 52.0 Å². The number of carbonyl (C=O) groups is 2. The van der Waals surface area contributed by atoms with Crippen LogP contribution in [0.25, 0.3) is 0 Å². The maximum absolute atomic E-state index is 13.3. The highest BCUT2D eigenvalue weighted by Gasteiger charge is 2.28. The van der Waals surface area contributed by atoms with Gasteiger partial charge >= 0.3 is 0 Å². The molecular weight excluding hydrogens is 450 g/mol. The normalized spacial score (nSPS) is 12.1. The van der Waals surface area contributed by atoms with Crippen molar-refractivity contribution in [2.24, 2.45) is 0 Å². The number of para-hydroxylation sites is 1. The summed E-state index contributed by atoms with van der Waals surface area (Å²) in [5, 5.41) is 2.91. The predicted octanol–water partition coefficient (Wildman–Crippen LogP) is 3.61. The number of carbonyl (C=O) groups excluding carboxylic acids is 2. The highest BCUT2D eigenvalue weighted by Crippen LogP contribution is 2.18. The summed E-state index contributed by atoms with van der Waals surface area (Å²) in [6.07, 6.45) is 3.65. The molecule has 7 nitrogen and oxygen atoms in total. The summed E-state index contributed by atoms with van der Waals surface area (Å²) < 4.78 is 26.0. The van der Waals surface area contributed by atoms with Crippen molar-refractivity contribution < 1.29 is 18.0 Å². The number of hydrogen-bond donors (Lipinski definition) is 1. The van der Waals surface area contributed by atoms with Gasteiger partial charge in [-0.2, -0.15) is 0 Å². The Bertz CT molecular complexity index is 997. The van der Waals surface area contributed by atoms with E-state index in [4.69, 9.17) is 0 Å². The Morgan fingerprint density at radius 2 is 1.56 bits per heavy atom. The van der Waals surface area contributed by atoms with Crippen LogP contribution in [0.2, 0.25) is 0 Å². The molecule has 0 saturated heterocycles. The monoisotopic (exact) mass is 487 g/mol. The number of rotatable bonds is 14. The molecule has 0 aromatic heterocycles. The SMILES string of the molecule is CCCNC(=O)[C@H](CC)N(CCc1ccccc1)C(=O)CCCN(c1ccccc1)S(C)(=O)=O. The zero-order valence-corrected chi connectivity index (χ0v) is 21.3. The first-order chi connectivity index (χ1) is 16.3. The van der Waals surface area contributed by atoms with Gasteiger partial charge < -0.3 is 10.2 Å². The van der Waals surface area contributed by atoms with E-state index in [2.05, 4.69) is 5.32 Å². The maximum Gasteiger partial charge on any atom is 0.242 e. The summed E-state index contributed by atoms with van der Waals surface area (Å²) in [6.45, 7) is 5.07. The third kappa shape index (κ3) is 8.48. The summed E-state index contributed by atoms with van der Waals surface area (Å²) in [4.78, 5) is 27.7. The van der Waals surface area contributed by atoms with Gasteiger partial charge in [0.25, 0.3) is 0 Å². The van der Waals surface area contributed by atoms with Crippen molar-refractivity contribution in [3.8, 4) is 0 Å². The van der Waals surface area contributed by atoms with Crippen LogP contribution in [0, 0.1) is 0 Å². The number of anilines is 1. The quantitative estimate of drug-likeness (QED) is 0.441. The molecule has 2 rings (SSSR count). The molecule has 0 bridgehead atoms. The highest BCUT2D eigenvalue weighted by molar-refractivity contribution is 7.92. The average Bonchev–Trinajstić information content (AvgIpc) is 2.83. The lowest BCUT2D eigenvalue weighted by Crippen LogP contribution is -2.50. The maximum atomic E-state index is 13.3. The molecule has 1 atom stereocenters. The molecule has 2 amide bonds. The molecule has 1 N–H and O–H groups in total. The standard InChI is InChI=1S/C26H37N3O4S/c1-4-19-27-26(31)24(5-2)28(21-18-22-13-8-6-9-14-22)25(30)17-12-20-29(34(3,32)33)23-15-10-7-11-16-23/h6-11,13-16,24H,4-5,12,17-21H2,1-3H3,(H,27,31)/t24-/m0/s1. The number of hydrogen-bond acceptors (Lipinski definition) is 4. The van der Waals surface area contributed by atoms with E-state index in [1.807, 2.05) is 50.2 Å². The second-order valence-corrected chi connectivity index (χ2v) is 10.2. The van der Waals surface area contributed by atoms with E-state index in [1.165, 1.54) is 10.6 Å². The first kappa shape index (κ1) is 27.4. The molecule has 2 aromatic rings. The lowest BCUT2D eigenvalue weighted by Gasteiger charge is -2.31. The van der Waals surface area contributed by atoms with Crippen LogP contribution in [0.15, 0.2) is 60.7 Å². The molecular formula is C26H37N3O4S. The Morgan fingerprint density at radius 1 is 0.941 bits per heavy atom. The Balaban J connectivity index is 2.11. The number of sulfonamides is 1. The Morgan fingerprint density at radius 3 is 2.12 bits per heavy atom. The van der Waals surface area contributed by atoms with Gasteiger partial charge in [0.15, 0.2) is 0 Å². The number of nitrogens with zero attached hydrogens (tertiary/aromatic N) is 2. The van der Waals surface area contributed by atoms with Gasteiger partial charge in [-0.1, -0.05) is 62.4 Å². The fraction of sp³-hybridized carbons (Fsp3) is 0.462. The molecule has 0 unspecified atom stereocenters. The molecule has 0 aliphatic rings. The minimum atomic E-state index is -3.48. The lowest BCUT2D eigenvalue weighted by molar-refractivity contribution is -0.140. The molecule has 34 heavy (non-hydrogen) atoms. The van der Waals surface area contributed by atoms with Crippen LogP contribution in [0.1, 0.15) is 45.1 Å². The van der Waals surface area contributed by atoms with Gasteiger partial charge in [-0.15, -0.1) is 0 Å². The van der Waals surface area contributed by atoms with E-state index in [1.54, 1.807) is 29.2 Å². The summed E-state index contributed by atoms with van der Waals surface area (Å²) in [7, 11) is -3.48. The van der Waals surface area contributed by atoms with Crippen molar-refractivity contribution in [1.82, 2.24) is 10.2 Å². The number of nitrogens with one attached hydrogen (secondary N) is 1. The van der Waals surface area contributed by atoms with Crippen LogP contribution in [0.3, 0.4) is 0 Å². The smallest absolute Gasteiger partial charge is 0.242 e. The van der Waals surface area contributed by atoms with Crippen molar-refractivity contribution in [1.29, 1.82) is 0 Å². The summed E-state index contributed by atoms with van der Waals surface area (Å²) in [5.41, 5.74) is 1.67. The highest BCUT2D eigenvalue weighted by atomic mass is 32.2. The summed E-state index contributed by atoms with van der Waals surface area (Å²) >= 11 is 0. The van der Waals surface area contributed by atoms with Crippen LogP contribution >= 0.6 is 0 Å². The average molecular weight is 488 g/mol. The van der Waals surface area contributed by atoms with Gasteiger partial charge in [0, 0.05) is 26.1 Å². The van der Waals surface area contributed by atoms with Crippen LogP contribution in [-0.2, 0) is 26.0 Å². The van der Waals surface area contributed by atoms with Gasteiger partial charge in [0.2, 0.25) is 21.8 Å². The van der Waals surface area contributed by atoms with Gasteiger partial charge in [-0.3, -0.25) is 13.9 Å². The van der Waals surface area contributed by atoms with Crippen molar-refractivity contribution in [3.63, 3.8) is 0 Å². The second-order valence-electron chi connectivity index (χ2n) is 8.31. The van der Waals surface area contributed by atoms with Gasteiger partial charge in [0.1, 0.15) is 6.04 Å². The molecule has 8 heteroatoms. The van der Waals surface area contributed by atoms with E-state index in [-0.39, 0.29) is 24.8 Å². The molecule has 0 fully saturated rings. The van der Waals surface area contributed by atoms with E-state index >= 15 is 0 Å². The first-order valence-electron chi connectivity index (χ1n) is 11.9. The number of benzene rings is 2. The fourth-order valence-electron chi connectivity index (χ4n) is 3.86. The van der Waals surface area contributed by atoms with E-state index in [0.717, 1.165) is 12.0 Å². The third-order valence-electron chi connectivity index (χ3n) is 5.62. The van der Waals surface area contributed by atoms with E-state index < -0.39 is 16.1 Å². The van der Waals surface area contributed by atoms with Gasteiger partial charge in [-0.05, 0) is 43.4 Å². The van der Waals surface area contributed by atoms with E-state index in [0.29, 0.717) is 38.0 Å². The molecule has 0 spiro atoms. The Kier molecular flexibility index (Phi) is 11.1. The molecule has 0 saturated carbocycles. The summed E-state index contributed by atoms with van der Waals surface area (Å²) in [6, 6.07) is 18.2. The number of amides is 2. The fourth-order valence-corrected chi connectivity index (χ4v) is 4.83. The predicted molar refractivity (Wildman–Crippen MR) is 137 cm³/mol. The van der Waals surface area contributed by atoms with Crippen molar-refractivity contribution >= 4 is 27.5 Å². The largest absolute Gasteiger partial charge is 0.354 e. The van der Waals surface area contributed by atoms with Crippen LogP contribution in [0.5, 0.6) is 0 Å². The molecule has 0 aliphatic carbocycles. The molecule has 2 aromatic carbocycles.